The Morgan fingerprint density at radius 2 is 2.38 bits per heavy atom. The fourth-order valence-corrected chi connectivity index (χ4v) is 0.811. The number of hydrogen-bond acceptors (Lipinski definition) is 0. The second-order valence-electron chi connectivity index (χ2n) is 1.70. The highest BCUT2D eigenvalue weighted by molar-refractivity contribution is 6.30. The van der Waals surface area contributed by atoms with Crippen LogP contribution in [0.25, 0.3) is 0 Å². The molecule has 0 aromatic heterocycles. The van der Waals surface area contributed by atoms with Crippen molar-refractivity contribution in [1.29, 1.82) is 0 Å². The molecule has 0 bridgehead atoms. The first-order chi connectivity index (χ1) is 3.79. The molecule has 0 heterocycles. The summed E-state index contributed by atoms with van der Waals surface area (Å²) in [5, 5.41) is 0.810. The smallest absolute Gasteiger partial charge is 0.0728 e. The van der Waals surface area contributed by atoms with Gasteiger partial charge < -0.3 is 0 Å². The SMILES string of the molecule is [CH+]=C1C=CCC(Cl)=C1. The highest BCUT2D eigenvalue weighted by Crippen LogP contribution is 2.16. The zero-order chi connectivity index (χ0) is 5.98. The fraction of sp³-hybridized carbons (Fsp3) is 0.143. The molecular formula is C7H6Cl+. The molecule has 0 spiro atoms. The largest absolute Gasteiger partial charge is 0.181 e. The third-order valence-electron chi connectivity index (χ3n) is 0.946. The van der Waals surface area contributed by atoms with Crippen LogP contribution in [0.1, 0.15) is 6.42 Å². The molecule has 0 unspecified atom stereocenters. The standard InChI is InChI=1S/C7H6Cl/c1-6-3-2-4-7(8)5-6/h1-3,5H,4H2/q+1. The average molecular weight is 126 g/mol. The Bertz CT molecular complexity index is 163. The van der Waals surface area contributed by atoms with Crippen molar-refractivity contribution < 1.29 is 0 Å². The van der Waals surface area contributed by atoms with Gasteiger partial charge in [0.25, 0.3) is 0 Å². The predicted octanol–water partition coefficient (Wildman–Crippen LogP) is 2.43. The summed E-state index contributed by atoms with van der Waals surface area (Å²) in [7, 11) is 0. The monoisotopic (exact) mass is 125 g/mol. The molecule has 0 aliphatic heterocycles. The molecular weight excluding hydrogens is 120 g/mol. The Morgan fingerprint density at radius 1 is 1.62 bits per heavy atom. The Balaban J connectivity index is 2.74. The second kappa shape index (κ2) is 2.13. The van der Waals surface area contributed by atoms with E-state index in [0.717, 1.165) is 17.0 Å². The lowest BCUT2D eigenvalue weighted by Gasteiger charge is -1.90. The lowest BCUT2D eigenvalue weighted by Crippen LogP contribution is -1.78. The van der Waals surface area contributed by atoms with Crippen LogP contribution >= 0.6 is 11.6 Å². The van der Waals surface area contributed by atoms with Crippen LogP contribution in [-0.2, 0) is 0 Å². The van der Waals surface area contributed by atoms with Crippen molar-refractivity contribution in [3.63, 3.8) is 0 Å². The molecule has 0 saturated heterocycles. The number of halogens is 1. The number of allylic oxidation sites excluding steroid dienone is 5. The second-order valence-corrected chi connectivity index (χ2v) is 2.18. The normalized spacial score (nSPS) is 18.5. The molecule has 1 heteroatoms. The van der Waals surface area contributed by atoms with E-state index in [1.54, 1.807) is 6.08 Å². The van der Waals surface area contributed by atoms with Crippen molar-refractivity contribution in [2.75, 3.05) is 0 Å². The van der Waals surface area contributed by atoms with Gasteiger partial charge in [-0.05, 0) is 6.08 Å². The summed E-state index contributed by atoms with van der Waals surface area (Å²) in [6, 6.07) is 0. The van der Waals surface area contributed by atoms with E-state index in [9.17, 15) is 0 Å². The van der Waals surface area contributed by atoms with Crippen molar-refractivity contribution >= 4 is 11.6 Å². The van der Waals surface area contributed by atoms with E-state index in [0.29, 0.717) is 0 Å². The number of hydrogen-bond donors (Lipinski definition) is 0. The van der Waals surface area contributed by atoms with Crippen LogP contribution in [0.3, 0.4) is 0 Å². The summed E-state index contributed by atoms with van der Waals surface area (Å²) in [5.74, 6) is 0. The lowest BCUT2D eigenvalue weighted by molar-refractivity contribution is 1.31. The summed E-state index contributed by atoms with van der Waals surface area (Å²) in [4.78, 5) is 0. The molecule has 0 saturated carbocycles. The highest BCUT2D eigenvalue weighted by atomic mass is 35.5. The highest BCUT2D eigenvalue weighted by Gasteiger charge is 2.03. The van der Waals surface area contributed by atoms with Gasteiger partial charge in [-0.3, -0.25) is 0 Å². The van der Waals surface area contributed by atoms with Gasteiger partial charge in [-0.15, -0.1) is 0 Å². The van der Waals surface area contributed by atoms with E-state index in [2.05, 4.69) is 0 Å². The maximum atomic E-state index is 5.62. The van der Waals surface area contributed by atoms with Gasteiger partial charge in [-0.1, -0.05) is 11.6 Å². The summed E-state index contributed by atoms with van der Waals surface area (Å²) in [5.41, 5.74) is 0.737. The van der Waals surface area contributed by atoms with Gasteiger partial charge >= 0.3 is 0 Å². The Labute approximate surface area is 54.2 Å². The minimum atomic E-state index is 0.737. The zero-order valence-corrected chi connectivity index (χ0v) is 5.15. The van der Waals surface area contributed by atoms with Crippen molar-refractivity contribution in [2.24, 2.45) is 0 Å². The van der Waals surface area contributed by atoms with Crippen LogP contribution in [-0.4, -0.2) is 0 Å². The Kier molecular flexibility index (Phi) is 1.48. The van der Waals surface area contributed by atoms with Gasteiger partial charge in [-0.2, -0.15) is 0 Å². The molecule has 1 rings (SSSR count). The quantitative estimate of drug-likeness (QED) is 0.436. The van der Waals surface area contributed by atoms with E-state index in [1.807, 2.05) is 12.2 Å². The fourth-order valence-electron chi connectivity index (χ4n) is 0.595. The molecule has 1 aliphatic carbocycles. The van der Waals surface area contributed by atoms with Crippen LogP contribution in [0.2, 0.25) is 0 Å². The topological polar surface area (TPSA) is 0 Å². The van der Waals surface area contributed by atoms with E-state index in [-0.39, 0.29) is 0 Å². The molecule has 0 nitrogen and oxygen atoms in total. The lowest BCUT2D eigenvalue weighted by atomic mass is 10.1. The first-order valence-electron chi connectivity index (χ1n) is 2.44. The van der Waals surface area contributed by atoms with E-state index in [4.69, 9.17) is 18.2 Å². The molecule has 8 heavy (non-hydrogen) atoms. The van der Waals surface area contributed by atoms with E-state index >= 15 is 0 Å². The van der Waals surface area contributed by atoms with Gasteiger partial charge in [0.2, 0.25) is 0 Å². The molecule has 0 radical (unpaired) electrons. The van der Waals surface area contributed by atoms with Crippen LogP contribution in [0, 0.1) is 6.58 Å². The molecule has 0 atom stereocenters. The van der Waals surface area contributed by atoms with Crippen LogP contribution in [0.4, 0.5) is 0 Å². The van der Waals surface area contributed by atoms with Gasteiger partial charge in [0.1, 0.15) is 0 Å². The van der Waals surface area contributed by atoms with Crippen molar-refractivity contribution in [2.45, 2.75) is 6.42 Å². The Morgan fingerprint density at radius 3 is 2.75 bits per heavy atom. The average Bonchev–Trinajstić information content (AvgIpc) is 1.64. The van der Waals surface area contributed by atoms with Crippen molar-refractivity contribution in [3.05, 3.63) is 35.4 Å². The van der Waals surface area contributed by atoms with Crippen LogP contribution < -0.4 is 0 Å². The zero-order valence-electron chi connectivity index (χ0n) is 4.39. The first-order valence-corrected chi connectivity index (χ1v) is 2.82. The maximum absolute atomic E-state index is 5.62. The van der Waals surface area contributed by atoms with Gasteiger partial charge in [-0.25, -0.2) is 0 Å². The van der Waals surface area contributed by atoms with E-state index < -0.39 is 0 Å². The third kappa shape index (κ3) is 1.19. The van der Waals surface area contributed by atoms with Crippen LogP contribution in [0.5, 0.6) is 0 Å². The summed E-state index contributed by atoms with van der Waals surface area (Å²) < 4.78 is 0. The molecule has 0 aromatic rings. The molecule has 0 aromatic carbocycles. The van der Waals surface area contributed by atoms with Crippen molar-refractivity contribution in [3.8, 4) is 0 Å². The van der Waals surface area contributed by atoms with Gasteiger partial charge in [0.05, 0.1) is 17.2 Å². The van der Waals surface area contributed by atoms with Crippen molar-refractivity contribution in [1.82, 2.24) is 0 Å². The molecule has 0 amide bonds. The molecule has 0 fully saturated rings. The summed E-state index contributed by atoms with van der Waals surface area (Å²) >= 11 is 5.62. The third-order valence-corrected chi connectivity index (χ3v) is 1.21. The Hall–Kier alpha value is -0.580. The first kappa shape index (κ1) is 5.55. The van der Waals surface area contributed by atoms with Gasteiger partial charge in [0, 0.05) is 13.0 Å². The van der Waals surface area contributed by atoms with E-state index in [1.165, 1.54) is 0 Å². The predicted molar refractivity (Wildman–Crippen MR) is 35.5 cm³/mol. The number of rotatable bonds is 0. The molecule has 40 valence electrons. The molecule has 1 aliphatic rings. The maximum Gasteiger partial charge on any atom is 0.181 e. The summed E-state index contributed by atoms with van der Waals surface area (Å²) in [6.07, 6.45) is 6.38. The van der Waals surface area contributed by atoms with Crippen LogP contribution in [0.15, 0.2) is 28.8 Å². The minimum Gasteiger partial charge on any atom is -0.0728 e. The molecule has 0 N–H and O–H groups in total. The minimum absolute atomic E-state index is 0.737. The summed E-state index contributed by atoms with van der Waals surface area (Å²) in [6.45, 7) is 5.39. The van der Waals surface area contributed by atoms with Gasteiger partial charge in [0.15, 0.2) is 5.57 Å².